The summed E-state index contributed by atoms with van der Waals surface area (Å²) in [7, 11) is 0. The molecule has 1 amide bonds. The van der Waals surface area contributed by atoms with Gasteiger partial charge in [-0.1, -0.05) is 6.08 Å². The number of likely N-dealkylation sites (tertiary alicyclic amines) is 1. The molecule has 0 radical (unpaired) electrons. The predicted octanol–water partition coefficient (Wildman–Crippen LogP) is 2.37. The first-order chi connectivity index (χ1) is 10.9. The maximum absolute atomic E-state index is 12.0. The lowest BCUT2D eigenvalue weighted by atomic mass is 9.97. The van der Waals surface area contributed by atoms with Crippen LogP contribution in [0.15, 0.2) is 17.6 Å². The van der Waals surface area contributed by atoms with E-state index in [0.29, 0.717) is 12.5 Å². The Morgan fingerprint density at radius 3 is 2.52 bits per heavy atom. The second kappa shape index (κ2) is 9.43. The predicted molar refractivity (Wildman–Crippen MR) is 94.7 cm³/mol. The Hall–Kier alpha value is -1.72. The first kappa shape index (κ1) is 19.3. The molecule has 1 heterocycles. The van der Waals surface area contributed by atoms with Crippen LogP contribution >= 0.6 is 0 Å². The lowest BCUT2D eigenvalue weighted by Gasteiger charge is -2.33. The van der Waals surface area contributed by atoms with Gasteiger partial charge >= 0.3 is 6.09 Å². The number of amides is 1. The van der Waals surface area contributed by atoms with Crippen LogP contribution in [0.4, 0.5) is 4.79 Å². The molecular formula is C17H32N4O2. The highest BCUT2D eigenvalue weighted by molar-refractivity contribution is 5.79. The van der Waals surface area contributed by atoms with Crippen LogP contribution in [-0.2, 0) is 4.74 Å². The van der Waals surface area contributed by atoms with E-state index in [9.17, 15) is 4.79 Å². The number of nitrogens with one attached hydrogen (secondary N) is 2. The molecule has 0 aromatic heterocycles. The van der Waals surface area contributed by atoms with Crippen molar-refractivity contribution in [2.45, 2.75) is 46.1 Å². The van der Waals surface area contributed by atoms with Gasteiger partial charge in [-0.3, -0.25) is 4.99 Å². The van der Waals surface area contributed by atoms with Crippen molar-refractivity contribution in [3.05, 3.63) is 12.7 Å². The Balaban J connectivity index is 2.40. The number of aliphatic imine (C=N–C) groups is 1. The minimum absolute atomic E-state index is 0.208. The summed E-state index contributed by atoms with van der Waals surface area (Å²) in [6, 6.07) is 0. The molecule has 0 spiro atoms. The number of ether oxygens (including phenoxy) is 1. The number of guanidine groups is 1. The van der Waals surface area contributed by atoms with Crippen LogP contribution < -0.4 is 10.6 Å². The number of carbonyl (C=O) groups is 1. The number of hydrogen-bond acceptors (Lipinski definition) is 3. The summed E-state index contributed by atoms with van der Waals surface area (Å²) in [6.45, 7) is 15.2. The Labute approximate surface area is 140 Å². The summed E-state index contributed by atoms with van der Waals surface area (Å²) in [6.07, 6.45) is 3.53. The fourth-order valence-electron chi connectivity index (χ4n) is 2.36. The molecule has 6 heteroatoms. The molecule has 23 heavy (non-hydrogen) atoms. The zero-order valence-corrected chi connectivity index (χ0v) is 15.0. The molecule has 0 aromatic carbocycles. The number of hydrogen-bond donors (Lipinski definition) is 2. The van der Waals surface area contributed by atoms with Crippen molar-refractivity contribution in [1.82, 2.24) is 15.5 Å². The molecule has 132 valence electrons. The Morgan fingerprint density at radius 1 is 1.35 bits per heavy atom. The molecule has 0 bridgehead atoms. The molecule has 0 atom stereocenters. The molecule has 0 unspecified atom stereocenters. The van der Waals surface area contributed by atoms with Crippen molar-refractivity contribution in [3.63, 3.8) is 0 Å². The van der Waals surface area contributed by atoms with Crippen molar-refractivity contribution in [3.8, 4) is 0 Å². The first-order valence-corrected chi connectivity index (χ1v) is 8.46. The average Bonchev–Trinajstić information content (AvgIpc) is 2.49. The van der Waals surface area contributed by atoms with Gasteiger partial charge in [0.1, 0.15) is 5.60 Å². The van der Waals surface area contributed by atoms with Crippen LogP contribution in [-0.4, -0.2) is 55.3 Å². The first-order valence-electron chi connectivity index (χ1n) is 8.46. The highest BCUT2D eigenvalue weighted by Gasteiger charge is 2.26. The second-order valence-electron chi connectivity index (χ2n) is 6.80. The fourth-order valence-corrected chi connectivity index (χ4v) is 2.36. The molecule has 1 aliphatic heterocycles. The van der Waals surface area contributed by atoms with E-state index >= 15 is 0 Å². The summed E-state index contributed by atoms with van der Waals surface area (Å²) in [5.74, 6) is 1.33. The van der Waals surface area contributed by atoms with E-state index in [0.717, 1.165) is 45.0 Å². The van der Waals surface area contributed by atoms with Crippen LogP contribution in [0.1, 0.15) is 40.5 Å². The smallest absolute Gasteiger partial charge is 0.410 e. The highest BCUT2D eigenvalue weighted by atomic mass is 16.6. The zero-order chi connectivity index (χ0) is 17.3. The Kier molecular flexibility index (Phi) is 7.92. The summed E-state index contributed by atoms with van der Waals surface area (Å²) in [5, 5.41) is 6.42. The van der Waals surface area contributed by atoms with Gasteiger partial charge in [0, 0.05) is 32.7 Å². The molecule has 0 aliphatic carbocycles. The van der Waals surface area contributed by atoms with Crippen LogP contribution in [0.5, 0.6) is 0 Å². The third-order valence-electron chi connectivity index (χ3n) is 3.53. The van der Waals surface area contributed by atoms with Crippen molar-refractivity contribution in [2.24, 2.45) is 10.9 Å². The summed E-state index contributed by atoms with van der Waals surface area (Å²) in [5.41, 5.74) is -0.435. The molecule has 6 nitrogen and oxygen atoms in total. The minimum atomic E-state index is -0.435. The summed E-state index contributed by atoms with van der Waals surface area (Å²) in [4.78, 5) is 18.5. The van der Waals surface area contributed by atoms with Crippen molar-refractivity contribution >= 4 is 12.1 Å². The van der Waals surface area contributed by atoms with E-state index in [4.69, 9.17) is 4.74 Å². The van der Waals surface area contributed by atoms with E-state index in [-0.39, 0.29) is 6.09 Å². The highest BCUT2D eigenvalue weighted by Crippen LogP contribution is 2.19. The SMILES string of the molecule is C=CCNC(=NCC1CCN(C(=O)OC(C)(C)C)CC1)NCC. The standard InChI is InChI=1S/C17H32N4O2/c1-6-10-19-15(18-7-2)20-13-14-8-11-21(12-9-14)16(22)23-17(3,4)5/h6,14H,1,7-13H2,2-5H3,(H2,18,19,20). The van der Waals surface area contributed by atoms with E-state index in [1.807, 2.05) is 33.8 Å². The molecule has 1 rings (SSSR count). The van der Waals surface area contributed by atoms with Gasteiger partial charge < -0.3 is 20.3 Å². The van der Waals surface area contributed by atoms with Gasteiger partial charge in [0.05, 0.1) is 0 Å². The van der Waals surface area contributed by atoms with Crippen LogP contribution in [0, 0.1) is 5.92 Å². The average molecular weight is 324 g/mol. The van der Waals surface area contributed by atoms with Gasteiger partial charge in [0.15, 0.2) is 5.96 Å². The van der Waals surface area contributed by atoms with E-state index < -0.39 is 5.60 Å². The second-order valence-corrected chi connectivity index (χ2v) is 6.80. The topological polar surface area (TPSA) is 66.0 Å². The lowest BCUT2D eigenvalue weighted by Crippen LogP contribution is -2.42. The van der Waals surface area contributed by atoms with Crippen LogP contribution in [0.2, 0.25) is 0 Å². The normalized spacial score (nSPS) is 16.9. The van der Waals surface area contributed by atoms with E-state index in [1.165, 1.54) is 0 Å². The maximum atomic E-state index is 12.0. The molecular weight excluding hydrogens is 292 g/mol. The van der Waals surface area contributed by atoms with Gasteiger partial charge in [-0.05, 0) is 46.5 Å². The fraction of sp³-hybridized carbons (Fsp3) is 0.765. The Morgan fingerprint density at radius 2 is 2.00 bits per heavy atom. The van der Waals surface area contributed by atoms with E-state index in [2.05, 4.69) is 22.2 Å². The summed E-state index contributed by atoms with van der Waals surface area (Å²) >= 11 is 0. The van der Waals surface area contributed by atoms with Gasteiger partial charge in [-0.25, -0.2) is 4.79 Å². The number of piperidine rings is 1. The Bertz CT molecular complexity index is 407. The van der Waals surface area contributed by atoms with Gasteiger partial charge in [-0.15, -0.1) is 6.58 Å². The number of nitrogens with zero attached hydrogens (tertiary/aromatic N) is 2. The van der Waals surface area contributed by atoms with Crippen molar-refractivity contribution in [2.75, 3.05) is 32.7 Å². The molecule has 1 fully saturated rings. The van der Waals surface area contributed by atoms with Crippen molar-refractivity contribution in [1.29, 1.82) is 0 Å². The van der Waals surface area contributed by atoms with Crippen LogP contribution in [0.25, 0.3) is 0 Å². The number of rotatable bonds is 5. The van der Waals surface area contributed by atoms with Gasteiger partial charge in [0.2, 0.25) is 0 Å². The summed E-state index contributed by atoms with van der Waals surface area (Å²) < 4.78 is 5.42. The van der Waals surface area contributed by atoms with E-state index in [1.54, 1.807) is 4.90 Å². The van der Waals surface area contributed by atoms with Gasteiger partial charge in [-0.2, -0.15) is 0 Å². The number of carbonyl (C=O) groups excluding carboxylic acids is 1. The maximum Gasteiger partial charge on any atom is 0.410 e. The molecule has 1 aliphatic rings. The quantitative estimate of drug-likeness (QED) is 0.463. The van der Waals surface area contributed by atoms with Gasteiger partial charge in [0.25, 0.3) is 0 Å². The van der Waals surface area contributed by atoms with Crippen LogP contribution in [0.3, 0.4) is 0 Å². The van der Waals surface area contributed by atoms with Crippen molar-refractivity contribution < 1.29 is 9.53 Å². The molecule has 1 saturated heterocycles. The lowest BCUT2D eigenvalue weighted by molar-refractivity contribution is 0.0187. The molecule has 0 aromatic rings. The largest absolute Gasteiger partial charge is 0.444 e. The molecule has 0 saturated carbocycles. The third kappa shape index (κ3) is 7.90. The minimum Gasteiger partial charge on any atom is -0.444 e. The monoisotopic (exact) mass is 324 g/mol. The molecule has 2 N–H and O–H groups in total. The third-order valence-corrected chi connectivity index (χ3v) is 3.53. The zero-order valence-electron chi connectivity index (χ0n) is 15.0.